The lowest BCUT2D eigenvalue weighted by atomic mass is 10.1. The second-order valence-corrected chi connectivity index (χ2v) is 4.92. The summed E-state index contributed by atoms with van der Waals surface area (Å²) >= 11 is 5.91. The third-order valence-corrected chi connectivity index (χ3v) is 2.67. The molecule has 0 aliphatic rings. The van der Waals surface area contributed by atoms with E-state index in [0.717, 1.165) is 6.42 Å². The van der Waals surface area contributed by atoms with E-state index >= 15 is 0 Å². The molecular formula is C13H19ClN2O2. The van der Waals surface area contributed by atoms with Crippen LogP contribution in [0, 0.1) is 5.92 Å². The Morgan fingerprint density at radius 2 is 2.22 bits per heavy atom. The summed E-state index contributed by atoms with van der Waals surface area (Å²) in [6.07, 6.45) is 0.949. The van der Waals surface area contributed by atoms with Crippen LogP contribution in [-0.2, 0) is 4.79 Å². The van der Waals surface area contributed by atoms with Crippen molar-refractivity contribution in [3.8, 4) is 5.75 Å². The zero-order valence-electron chi connectivity index (χ0n) is 10.7. The molecule has 0 saturated heterocycles. The lowest BCUT2D eigenvalue weighted by molar-refractivity contribution is -0.123. The predicted octanol–water partition coefficient (Wildman–Crippen LogP) is 2.46. The van der Waals surface area contributed by atoms with Gasteiger partial charge in [-0.05, 0) is 24.5 Å². The number of hydrogen-bond donors (Lipinski definition) is 2. The molecule has 0 fully saturated rings. The first-order chi connectivity index (χ1) is 8.49. The SMILES string of the molecule is CC(C)CCNC(=O)COc1cc(N)ccc1Cl. The number of hydrogen-bond acceptors (Lipinski definition) is 3. The summed E-state index contributed by atoms with van der Waals surface area (Å²) in [5.74, 6) is 0.833. The van der Waals surface area contributed by atoms with Gasteiger partial charge in [-0.25, -0.2) is 0 Å². The van der Waals surface area contributed by atoms with Gasteiger partial charge in [0.05, 0.1) is 5.02 Å². The topological polar surface area (TPSA) is 64.3 Å². The maximum atomic E-state index is 11.5. The summed E-state index contributed by atoms with van der Waals surface area (Å²) in [6.45, 7) is 4.82. The number of halogens is 1. The van der Waals surface area contributed by atoms with Crippen molar-refractivity contribution in [2.75, 3.05) is 18.9 Å². The average Bonchev–Trinajstić information content (AvgIpc) is 2.30. The maximum absolute atomic E-state index is 11.5. The standard InChI is InChI=1S/C13H19ClN2O2/c1-9(2)5-6-16-13(17)8-18-12-7-10(15)3-4-11(12)14/h3-4,7,9H,5-6,8,15H2,1-2H3,(H,16,17). The van der Waals surface area contributed by atoms with Crippen LogP contribution < -0.4 is 15.8 Å². The molecule has 18 heavy (non-hydrogen) atoms. The molecule has 0 bridgehead atoms. The molecule has 0 unspecified atom stereocenters. The van der Waals surface area contributed by atoms with Gasteiger partial charge in [0.2, 0.25) is 0 Å². The van der Waals surface area contributed by atoms with Crippen LogP contribution in [0.15, 0.2) is 18.2 Å². The van der Waals surface area contributed by atoms with Crippen molar-refractivity contribution >= 4 is 23.2 Å². The molecule has 0 atom stereocenters. The van der Waals surface area contributed by atoms with Gasteiger partial charge in [0.25, 0.3) is 5.91 Å². The van der Waals surface area contributed by atoms with E-state index in [1.165, 1.54) is 0 Å². The predicted molar refractivity (Wildman–Crippen MR) is 73.8 cm³/mol. The molecule has 1 aromatic carbocycles. The zero-order chi connectivity index (χ0) is 13.5. The highest BCUT2D eigenvalue weighted by atomic mass is 35.5. The average molecular weight is 271 g/mol. The highest BCUT2D eigenvalue weighted by Crippen LogP contribution is 2.26. The van der Waals surface area contributed by atoms with Crippen molar-refractivity contribution in [3.63, 3.8) is 0 Å². The Morgan fingerprint density at radius 1 is 1.50 bits per heavy atom. The van der Waals surface area contributed by atoms with Crippen LogP contribution in [0.5, 0.6) is 5.75 Å². The van der Waals surface area contributed by atoms with Gasteiger partial charge in [-0.15, -0.1) is 0 Å². The largest absolute Gasteiger partial charge is 0.482 e. The van der Waals surface area contributed by atoms with E-state index in [1.807, 2.05) is 0 Å². The number of amides is 1. The first-order valence-electron chi connectivity index (χ1n) is 5.93. The van der Waals surface area contributed by atoms with E-state index in [9.17, 15) is 4.79 Å². The van der Waals surface area contributed by atoms with Gasteiger partial charge in [-0.3, -0.25) is 4.79 Å². The number of benzene rings is 1. The fourth-order valence-electron chi connectivity index (χ4n) is 1.33. The van der Waals surface area contributed by atoms with Gasteiger partial charge in [0.15, 0.2) is 6.61 Å². The Balaban J connectivity index is 2.36. The van der Waals surface area contributed by atoms with Gasteiger partial charge in [0, 0.05) is 18.3 Å². The number of nitrogens with one attached hydrogen (secondary N) is 1. The second-order valence-electron chi connectivity index (χ2n) is 4.51. The summed E-state index contributed by atoms with van der Waals surface area (Å²) in [6, 6.07) is 4.92. The molecule has 100 valence electrons. The Bertz CT molecular complexity index is 408. The molecule has 1 amide bonds. The van der Waals surface area contributed by atoms with Crippen molar-refractivity contribution in [2.45, 2.75) is 20.3 Å². The quantitative estimate of drug-likeness (QED) is 0.781. The molecule has 4 nitrogen and oxygen atoms in total. The molecule has 3 N–H and O–H groups in total. The van der Waals surface area contributed by atoms with E-state index in [2.05, 4.69) is 19.2 Å². The minimum atomic E-state index is -0.158. The number of anilines is 1. The first kappa shape index (κ1) is 14.6. The van der Waals surface area contributed by atoms with Crippen LogP contribution >= 0.6 is 11.6 Å². The first-order valence-corrected chi connectivity index (χ1v) is 6.31. The van der Waals surface area contributed by atoms with E-state index in [0.29, 0.717) is 28.9 Å². The molecule has 0 saturated carbocycles. The summed E-state index contributed by atoms with van der Waals surface area (Å²) in [4.78, 5) is 11.5. The van der Waals surface area contributed by atoms with Gasteiger partial charge >= 0.3 is 0 Å². The molecule has 1 aromatic rings. The van der Waals surface area contributed by atoms with Crippen LogP contribution in [0.4, 0.5) is 5.69 Å². The number of nitrogen functional groups attached to an aromatic ring is 1. The lowest BCUT2D eigenvalue weighted by Gasteiger charge is -2.10. The zero-order valence-corrected chi connectivity index (χ0v) is 11.5. The Hall–Kier alpha value is -1.42. The number of nitrogens with two attached hydrogens (primary N) is 1. The van der Waals surface area contributed by atoms with E-state index in [4.69, 9.17) is 22.1 Å². The third kappa shape index (κ3) is 5.27. The van der Waals surface area contributed by atoms with Gasteiger partial charge in [0.1, 0.15) is 5.75 Å². The van der Waals surface area contributed by atoms with E-state index in [-0.39, 0.29) is 12.5 Å². The van der Waals surface area contributed by atoms with Crippen molar-refractivity contribution in [3.05, 3.63) is 23.2 Å². The van der Waals surface area contributed by atoms with Gasteiger partial charge in [-0.1, -0.05) is 25.4 Å². The lowest BCUT2D eigenvalue weighted by Crippen LogP contribution is -2.30. The maximum Gasteiger partial charge on any atom is 0.257 e. The highest BCUT2D eigenvalue weighted by Gasteiger charge is 2.06. The molecule has 0 radical (unpaired) electrons. The molecule has 0 aromatic heterocycles. The van der Waals surface area contributed by atoms with Crippen molar-refractivity contribution < 1.29 is 9.53 Å². The molecule has 0 aliphatic heterocycles. The normalized spacial score (nSPS) is 10.4. The summed E-state index contributed by atoms with van der Waals surface area (Å²) < 4.78 is 5.31. The van der Waals surface area contributed by atoms with Crippen molar-refractivity contribution in [2.24, 2.45) is 5.92 Å². The monoisotopic (exact) mass is 270 g/mol. The van der Waals surface area contributed by atoms with Crippen LogP contribution in [0.25, 0.3) is 0 Å². The number of carbonyl (C=O) groups excluding carboxylic acids is 1. The summed E-state index contributed by atoms with van der Waals surface area (Å²) in [7, 11) is 0. The molecule has 0 heterocycles. The molecule has 0 aliphatic carbocycles. The molecule has 5 heteroatoms. The Labute approximate surface area is 112 Å². The second kappa shape index (κ2) is 7.11. The number of carbonyl (C=O) groups is 1. The molecular weight excluding hydrogens is 252 g/mol. The van der Waals surface area contributed by atoms with E-state index in [1.54, 1.807) is 18.2 Å². The minimum absolute atomic E-state index is 0.0543. The van der Waals surface area contributed by atoms with Crippen LogP contribution in [0.3, 0.4) is 0 Å². The van der Waals surface area contributed by atoms with E-state index < -0.39 is 0 Å². The highest BCUT2D eigenvalue weighted by molar-refractivity contribution is 6.32. The molecule has 1 rings (SSSR count). The fourth-order valence-corrected chi connectivity index (χ4v) is 1.50. The number of rotatable bonds is 6. The summed E-state index contributed by atoms with van der Waals surface area (Å²) in [5, 5.41) is 3.22. The van der Waals surface area contributed by atoms with Crippen molar-refractivity contribution in [1.29, 1.82) is 0 Å². The smallest absolute Gasteiger partial charge is 0.257 e. The summed E-state index contributed by atoms with van der Waals surface area (Å²) in [5.41, 5.74) is 6.16. The minimum Gasteiger partial charge on any atom is -0.482 e. The van der Waals surface area contributed by atoms with Crippen molar-refractivity contribution in [1.82, 2.24) is 5.32 Å². The third-order valence-electron chi connectivity index (χ3n) is 2.36. The Morgan fingerprint density at radius 3 is 2.89 bits per heavy atom. The van der Waals surface area contributed by atoms with Crippen LogP contribution in [0.1, 0.15) is 20.3 Å². The van der Waals surface area contributed by atoms with Crippen LogP contribution in [-0.4, -0.2) is 19.1 Å². The Kier molecular flexibility index (Phi) is 5.78. The fraction of sp³-hybridized carbons (Fsp3) is 0.462. The van der Waals surface area contributed by atoms with Crippen LogP contribution in [0.2, 0.25) is 5.02 Å². The van der Waals surface area contributed by atoms with Gasteiger partial charge < -0.3 is 15.8 Å². The number of ether oxygens (including phenoxy) is 1. The molecule has 0 spiro atoms. The van der Waals surface area contributed by atoms with Gasteiger partial charge in [-0.2, -0.15) is 0 Å².